The lowest BCUT2D eigenvalue weighted by Gasteiger charge is -2.07. The van der Waals surface area contributed by atoms with Crippen LogP contribution in [-0.4, -0.2) is 22.1 Å². The molecule has 0 unspecified atom stereocenters. The number of nitrogen functional groups attached to an aromatic ring is 1. The van der Waals surface area contributed by atoms with Gasteiger partial charge in [0.15, 0.2) is 0 Å². The number of imidazole rings is 1. The maximum atomic E-state index is 11.9. The number of hydrogen-bond donors (Lipinski definition) is 3. The number of nitrogens with one attached hydrogen (secondary N) is 1. The Labute approximate surface area is 123 Å². The van der Waals surface area contributed by atoms with Crippen LogP contribution in [0.25, 0.3) is 0 Å². The van der Waals surface area contributed by atoms with Crippen LogP contribution in [0.3, 0.4) is 0 Å². The third-order valence-corrected chi connectivity index (χ3v) is 3.34. The second kappa shape index (κ2) is 6.30. The van der Waals surface area contributed by atoms with E-state index in [2.05, 4.69) is 5.32 Å². The lowest BCUT2D eigenvalue weighted by molar-refractivity contribution is -0.671. The van der Waals surface area contributed by atoms with Crippen molar-refractivity contribution in [3.63, 3.8) is 0 Å². The summed E-state index contributed by atoms with van der Waals surface area (Å²) in [6, 6.07) is 4.63. The number of carbonyl (C=O) groups is 1. The number of aromatic hydroxyl groups is 1. The summed E-state index contributed by atoms with van der Waals surface area (Å²) in [5, 5.41) is 12.3. The summed E-state index contributed by atoms with van der Waals surface area (Å²) in [5.74, 6) is 0.00851. The fraction of sp³-hybridized carbons (Fsp3) is 0.333. The number of phenolic OH excluding ortho intramolecular Hbond substituents is 1. The molecular formula is C15H21N4O2+. The number of rotatable bonds is 5. The Kier molecular flexibility index (Phi) is 4.47. The van der Waals surface area contributed by atoms with Crippen molar-refractivity contribution in [3.05, 3.63) is 42.0 Å². The first-order valence-electron chi connectivity index (χ1n) is 6.80. The minimum atomic E-state index is -0.106. The molecule has 112 valence electrons. The van der Waals surface area contributed by atoms with Crippen LogP contribution >= 0.6 is 0 Å². The van der Waals surface area contributed by atoms with Crippen LogP contribution in [0.15, 0.2) is 30.7 Å². The second-order valence-corrected chi connectivity index (χ2v) is 5.17. The SMILES string of the molecule is Cn1c[n+](C)cc1CCNC(=O)Cc1cc(O)ccc1N. The molecule has 21 heavy (non-hydrogen) atoms. The molecule has 6 nitrogen and oxygen atoms in total. The Morgan fingerprint density at radius 2 is 2.24 bits per heavy atom. The van der Waals surface area contributed by atoms with Crippen LogP contribution in [0.2, 0.25) is 0 Å². The van der Waals surface area contributed by atoms with Crippen molar-refractivity contribution in [2.75, 3.05) is 12.3 Å². The average Bonchev–Trinajstić information content (AvgIpc) is 2.72. The first-order chi connectivity index (χ1) is 9.95. The van der Waals surface area contributed by atoms with E-state index >= 15 is 0 Å². The van der Waals surface area contributed by atoms with Crippen molar-refractivity contribution >= 4 is 11.6 Å². The standard InChI is InChI=1S/C15H20N4O2/c1-18-9-12(19(2)10-18)5-6-17-15(21)8-11-7-13(20)3-4-14(11)16/h3-4,7,9-10H,5-6,8,16H2,1-2H3,(H-,17,20,21)/p+1. The molecule has 0 spiro atoms. The highest BCUT2D eigenvalue weighted by Crippen LogP contribution is 2.18. The predicted octanol–water partition coefficient (Wildman–Crippen LogP) is 0.0388. The number of phenols is 1. The minimum absolute atomic E-state index is 0.106. The van der Waals surface area contributed by atoms with Crippen LogP contribution in [0.1, 0.15) is 11.3 Å². The predicted molar refractivity (Wildman–Crippen MR) is 79.5 cm³/mol. The van der Waals surface area contributed by atoms with Gasteiger partial charge in [0.05, 0.1) is 20.5 Å². The van der Waals surface area contributed by atoms with Gasteiger partial charge < -0.3 is 16.2 Å². The number of benzene rings is 1. The number of aryl methyl sites for hydroxylation is 2. The first kappa shape index (κ1) is 14.9. The van der Waals surface area contributed by atoms with Crippen LogP contribution in [0.4, 0.5) is 5.69 Å². The van der Waals surface area contributed by atoms with Gasteiger partial charge in [-0.15, -0.1) is 0 Å². The smallest absolute Gasteiger partial charge is 0.243 e. The van der Waals surface area contributed by atoms with Crippen molar-refractivity contribution in [1.82, 2.24) is 9.88 Å². The summed E-state index contributed by atoms with van der Waals surface area (Å²) in [6.07, 6.45) is 4.93. The second-order valence-electron chi connectivity index (χ2n) is 5.17. The number of anilines is 1. The van der Waals surface area contributed by atoms with Gasteiger partial charge in [0, 0.05) is 18.7 Å². The van der Waals surface area contributed by atoms with Crippen molar-refractivity contribution in [3.8, 4) is 5.75 Å². The van der Waals surface area contributed by atoms with Gasteiger partial charge in [-0.3, -0.25) is 4.79 Å². The summed E-state index contributed by atoms with van der Waals surface area (Å²) in [7, 11) is 3.94. The summed E-state index contributed by atoms with van der Waals surface area (Å²) < 4.78 is 4.00. The summed E-state index contributed by atoms with van der Waals surface area (Å²) in [5.41, 5.74) is 8.08. The Morgan fingerprint density at radius 1 is 1.48 bits per heavy atom. The van der Waals surface area contributed by atoms with E-state index in [9.17, 15) is 9.90 Å². The normalized spacial score (nSPS) is 10.6. The Hall–Kier alpha value is -2.50. The van der Waals surface area contributed by atoms with E-state index in [1.807, 2.05) is 35.8 Å². The van der Waals surface area contributed by atoms with E-state index in [1.165, 1.54) is 12.1 Å². The molecule has 0 bridgehead atoms. The van der Waals surface area contributed by atoms with Gasteiger partial charge in [-0.2, -0.15) is 0 Å². The van der Waals surface area contributed by atoms with Gasteiger partial charge in [-0.05, 0) is 23.8 Å². The molecule has 0 saturated heterocycles. The maximum absolute atomic E-state index is 11.9. The summed E-state index contributed by atoms with van der Waals surface area (Å²) in [6.45, 7) is 0.565. The summed E-state index contributed by atoms with van der Waals surface area (Å²) in [4.78, 5) is 11.9. The molecule has 1 amide bonds. The number of aromatic nitrogens is 2. The molecule has 0 saturated carbocycles. The van der Waals surface area contributed by atoms with Crippen molar-refractivity contribution in [2.24, 2.45) is 14.1 Å². The van der Waals surface area contributed by atoms with E-state index in [0.717, 1.165) is 12.1 Å². The van der Waals surface area contributed by atoms with Gasteiger partial charge in [0.1, 0.15) is 17.6 Å². The molecule has 0 radical (unpaired) electrons. The Bertz CT molecular complexity index is 649. The average molecular weight is 289 g/mol. The van der Waals surface area contributed by atoms with E-state index in [1.54, 1.807) is 6.07 Å². The maximum Gasteiger partial charge on any atom is 0.243 e. The Balaban J connectivity index is 1.85. The molecule has 0 fully saturated rings. The van der Waals surface area contributed by atoms with Gasteiger partial charge in [-0.25, -0.2) is 9.13 Å². The molecule has 2 aromatic rings. The largest absolute Gasteiger partial charge is 0.508 e. The summed E-state index contributed by atoms with van der Waals surface area (Å²) >= 11 is 0. The molecule has 6 heteroatoms. The fourth-order valence-electron chi connectivity index (χ4n) is 2.26. The zero-order chi connectivity index (χ0) is 15.4. The molecule has 0 atom stereocenters. The monoisotopic (exact) mass is 289 g/mol. The number of nitrogens with two attached hydrogens (primary N) is 1. The number of nitrogens with zero attached hydrogens (tertiary/aromatic N) is 2. The van der Waals surface area contributed by atoms with Crippen LogP contribution < -0.4 is 15.6 Å². The van der Waals surface area contributed by atoms with Gasteiger partial charge in [0.2, 0.25) is 12.2 Å². The van der Waals surface area contributed by atoms with Crippen LogP contribution in [-0.2, 0) is 31.7 Å². The van der Waals surface area contributed by atoms with Crippen molar-refractivity contribution in [2.45, 2.75) is 12.8 Å². The third kappa shape index (κ3) is 3.98. The third-order valence-electron chi connectivity index (χ3n) is 3.34. The van der Waals surface area contributed by atoms with E-state index in [4.69, 9.17) is 5.73 Å². The van der Waals surface area contributed by atoms with Gasteiger partial charge in [-0.1, -0.05) is 0 Å². The fourth-order valence-corrected chi connectivity index (χ4v) is 2.26. The molecule has 0 aliphatic rings. The lowest BCUT2D eigenvalue weighted by Crippen LogP contribution is -2.28. The highest BCUT2D eigenvalue weighted by Gasteiger charge is 2.10. The van der Waals surface area contributed by atoms with Crippen LogP contribution in [0, 0.1) is 0 Å². The van der Waals surface area contributed by atoms with Crippen molar-refractivity contribution < 1.29 is 14.5 Å². The zero-order valence-corrected chi connectivity index (χ0v) is 12.3. The van der Waals surface area contributed by atoms with Gasteiger partial charge in [0.25, 0.3) is 0 Å². The van der Waals surface area contributed by atoms with E-state index in [-0.39, 0.29) is 18.1 Å². The highest BCUT2D eigenvalue weighted by molar-refractivity contribution is 5.80. The number of hydrogen-bond acceptors (Lipinski definition) is 3. The topological polar surface area (TPSA) is 84.2 Å². The highest BCUT2D eigenvalue weighted by atomic mass is 16.3. The molecular weight excluding hydrogens is 268 g/mol. The molecule has 1 heterocycles. The van der Waals surface area contributed by atoms with E-state index in [0.29, 0.717) is 17.8 Å². The van der Waals surface area contributed by atoms with Crippen molar-refractivity contribution in [1.29, 1.82) is 0 Å². The molecule has 1 aromatic carbocycles. The molecule has 1 aromatic heterocycles. The first-order valence-corrected chi connectivity index (χ1v) is 6.80. The number of amides is 1. The molecule has 0 aliphatic carbocycles. The van der Waals surface area contributed by atoms with Gasteiger partial charge >= 0.3 is 0 Å². The van der Waals surface area contributed by atoms with E-state index < -0.39 is 0 Å². The minimum Gasteiger partial charge on any atom is -0.508 e. The zero-order valence-electron chi connectivity index (χ0n) is 12.3. The van der Waals surface area contributed by atoms with Crippen LogP contribution in [0.5, 0.6) is 5.75 Å². The molecule has 4 N–H and O–H groups in total. The Morgan fingerprint density at radius 3 is 2.90 bits per heavy atom. The molecule has 0 aliphatic heterocycles. The quantitative estimate of drug-likeness (QED) is 0.413. The number of carbonyl (C=O) groups excluding carboxylic acids is 1. The molecule has 2 rings (SSSR count). The lowest BCUT2D eigenvalue weighted by atomic mass is 10.1.